The molecule has 0 bridgehead atoms. The molecular formula is C11H9ClN2O2. The second-order valence-corrected chi connectivity index (χ2v) is 3.62. The minimum absolute atomic E-state index is 0.269. The second kappa shape index (κ2) is 4.37. The molecule has 0 saturated carbocycles. The summed E-state index contributed by atoms with van der Waals surface area (Å²) in [5.41, 5.74) is 0.582. The summed E-state index contributed by atoms with van der Waals surface area (Å²) in [6, 6.07) is 6.57. The third-order valence-electron chi connectivity index (χ3n) is 1.95. The van der Waals surface area contributed by atoms with Gasteiger partial charge in [0.25, 0.3) is 5.91 Å². The maximum absolute atomic E-state index is 11.7. The highest BCUT2D eigenvalue weighted by Crippen LogP contribution is 2.14. The van der Waals surface area contributed by atoms with Crippen LogP contribution in [0.25, 0.3) is 0 Å². The molecule has 2 rings (SSSR count). The minimum atomic E-state index is -0.310. The maximum atomic E-state index is 11.7. The fourth-order valence-electron chi connectivity index (χ4n) is 1.23. The third kappa shape index (κ3) is 2.41. The summed E-state index contributed by atoms with van der Waals surface area (Å²) >= 11 is 5.69. The molecule has 0 unspecified atom stereocenters. The van der Waals surface area contributed by atoms with Crippen LogP contribution in [-0.4, -0.2) is 10.9 Å². The number of halogens is 1. The Kier molecular flexibility index (Phi) is 2.92. The molecule has 0 aliphatic heterocycles. The first-order valence-electron chi connectivity index (χ1n) is 4.64. The zero-order valence-electron chi connectivity index (χ0n) is 8.53. The predicted molar refractivity (Wildman–Crippen MR) is 60.6 cm³/mol. The SMILES string of the molecule is Cc1ccc(C(=O)Nc2ccnc(Cl)c2)o1. The number of hydrogen-bond acceptors (Lipinski definition) is 3. The Labute approximate surface area is 97.2 Å². The van der Waals surface area contributed by atoms with E-state index in [1.807, 2.05) is 0 Å². The largest absolute Gasteiger partial charge is 0.456 e. The molecule has 16 heavy (non-hydrogen) atoms. The zero-order valence-corrected chi connectivity index (χ0v) is 9.28. The van der Waals surface area contributed by atoms with Crippen LogP contribution in [0.1, 0.15) is 16.3 Å². The van der Waals surface area contributed by atoms with Gasteiger partial charge in [0.05, 0.1) is 0 Å². The van der Waals surface area contributed by atoms with Crippen molar-refractivity contribution in [2.45, 2.75) is 6.92 Å². The summed E-state index contributed by atoms with van der Waals surface area (Å²) in [6.45, 7) is 1.78. The van der Waals surface area contributed by atoms with E-state index in [9.17, 15) is 4.79 Å². The summed E-state index contributed by atoms with van der Waals surface area (Å²) < 4.78 is 5.19. The van der Waals surface area contributed by atoms with Crippen LogP contribution in [0, 0.1) is 6.92 Å². The van der Waals surface area contributed by atoms with Crippen molar-refractivity contribution in [2.24, 2.45) is 0 Å². The number of aromatic nitrogens is 1. The van der Waals surface area contributed by atoms with Crippen LogP contribution < -0.4 is 5.32 Å². The van der Waals surface area contributed by atoms with E-state index in [1.54, 1.807) is 31.2 Å². The molecule has 0 saturated heterocycles. The second-order valence-electron chi connectivity index (χ2n) is 3.23. The maximum Gasteiger partial charge on any atom is 0.291 e. The minimum Gasteiger partial charge on any atom is -0.456 e. The average Bonchev–Trinajstić information content (AvgIpc) is 2.65. The highest BCUT2D eigenvalue weighted by molar-refractivity contribution is 6.29. The van der Waals surface area contributed by atoms with Crippen molar-refractivity contribution in [3.05, 3.63) is 47.1 Å². The van der Waals surface area contributed by atoms with Crippen LogP contribution in [0.3, 0.4) is 0 Å². The molecule has 4 nitrogen and oxygen atoms in total. The molecule has 1 N–H and O–H groups in total. The summed E-state index contributed by atoms with van der Waals surface area (Å²) in [6.07, 6.45) is 1.52. The van der Waals surface area contributed by atoms with Gasteiger partial charge in [0, 0.05) is 11.9 Å². The van der Waals surface area contributed by atoms with E-state index in [4.69, 9.17) is 16.0 Å². The van der Waals surface area contributed by atoms with Gasteiger partial charge < -0.3 is 9.73 Å². The average molecular weight is 237 g/mol. The van der Waals surface area contributed by atoms with Gasteiger partial charge in [-0.15, -0.1) is 0 Å². The number of aryl methyl sites for hydroxylation is 1. The van der Waals surface area contributed by atoms with Crippen LogP contribution in [0.2, 0.25) is 5.15 Å². The quantitative estimate of drug-likeness (QED) is 0.816. The Morgan fingerprint density at radius 1 is 1.44 bits per heavy atom. The van der Waals surface area contributed by atoms with Gasteiger partial charge in [-0.3, -0.25) is 4.79 Å². The first kappa shape index (κ1) is 10.7. The van der Waals surface area contributed by atoms with Gasteiger partial charge in [-0.1, -0.05) is 11.6 Å². The lowest BCUT2D eigenvalue weighted by Gasteiger charge is -2.02. The van der Waals surface area contributed by atoms with Crippen molar-refractivity contribution < 1.29 is 9.21 Å². The monoisotopic (exact) mass is 236 g/mol. The molecule has 0 aromatic carbocycles. The zero-order chi connectivity index (χ0) is 11.5. The first-order valence-corrected chi connectivity index (χ1v) is 5.02. The number of amides is 1. The normalized spacial score (nSPS) is 10.1. The summed E-state index contributed by atoms with van der Waals surface area (Å²) in [7, 11) is 0. The van der Waals surface area contributed by atoms with Crippen molar-refractivity contribution in [3.63, 3.8) is 0 Å². The molecule has 2 aromatic heterocycles. The smallest absolute Gasteiger partial charge is 0.291 e. The number of carbonyl (C=O) groups is 1. The number of nitrogens with one attached hydrogen (secondary N) is 1. The number of anilines is 1. The summed E-state index contributed by atoms with van der Waals surface area (Å²) in [4.78, 5) is 15.5. The highest BCUT2D eigenvalue weighted by atomic mass is 35.5. The van der Waals surface area contributed by atoms with Crippen molar-refractivity contribution in [1.29, 1.82) is 0 Å². The predicted octanol–water partition coefficient (Wildman–Crippen LogP) is 2.89. The lowest BCUT2D eigenvalue weighted by molar-refractivity contribution is 0.0995. The van der Waals surface area contributed by atoms with Crippen LogP contribution in [0.15, 0.2) is 34.9 Å². The number of furan rings is 1. The Balaban J connectivity index is 2.13. The first-order chi connectivity index (χ1) is 7.65. The molecule has 0 fully saturated rings. The molecule has 2 aromatic rings. The van der Waals surface area contributed by atoms with Crippen LogP contribution in [0.5, 0.6) is 0 Å². The van der Waals surface area contributed by atoms with Gasteiger partial charge in [0.2, 0.25) is 0 Å². The number of pyridine rings is 1. The molecule has 0 radical (unpaired) electrons. The molecule has 1 amide bonds. The van der Waals surface area contributed by atoms with Crippen molar-refractivity contribution in [2.75, 3.05) is 5.32 Å². The third-order valence-corrected chi connectivity index (χ3v) is 2.16. The molecule has 0 aliphatic rings. The number of rotatable bonds is 2. The summed E-state index contributed by atoms with van der Waals surface area (Å²) in [5.74, 6) is 0.652. The van der Waals surface area contributed by atoms with E-state index in [0.29, 0.717) is 16.6 Å². The topological polar surface area (TPSA) is 55.1 Å². The van der Waals surface area contributed by atoms with E-state index in [0.717, 1.165) is 0 Å². The van der Waals surface area contributed by atoms with Gasteiger partial charge in [0.15, 0.2) is 5.76 Å². The molecule has 2 heterocycles. The number of nitrogens with zero attached hydrogens (tertiary/aromatic N) is 1. The molecule has 0 spiro atoms. The van der Waals surface area contributed by atoms with Gasteiger partial charge >= 0.3 is 0 Å². The Bertz CT molecular complexity index is 522. The van der Waals surface area contributed by atoms with Crippen LogP contribution >= 0.6 is 11.6 Å². The highest BCUT2D eigenvalue weighted by Gasteiger charge is 2.10. The van der Waals surface area contributed by atoms with E-state index >= 15 is 0 Å². The van der Waals surface area contributed by atoms with E-state index in [2.05, 4.69) is 10.3 Å². The Morgan fingerprint density at radius 2 is 2.25 bits per heavy atom. The van der Waals surface area contributed by atoms with E-state index in [1.165, 1.54) is 6.20 Å². The fourth-order valence-corrected chi connectivity index (χ4v) is 1.40. The van der Waals surface area contributed by atoms with Crippen molar-refractivity contribution in [1.82, 2.24) is 4.98 Å². The van der Waals surface area contributed by atoms with Gasteiger partial charge in [-0.2, -0.15) is 0 Å². The van der Waals surface area contributed by atoms with Crippen LogP contribution in [0.4, 0.5) is 5.69 Å². The van der Waals surface area contributed by atoms with Gasteiger partial charge in [0.1, 0.15) is 10.9 Å². The fraction of sp³-hybridized carbons (Fsp3) is 0.0909. The number of hydrogen-bond donors (Lipinski definition) is 1. The lowest BCUT2D eigenvalue weighted by Crippen LogP contribution is -2.10. The van der Waals surface area contributed by atoms with Crippen LogP contribution in [-0.2, 0) is 0 Å². The van der Waals surface area contributed by atoms with Gasteiger partial charge in [-0.25, -0.2) is 4.98 Å². The van der Waals surface area contributed by atoms with E-state index in [-0.39, 0.29) is 11.7 Å². The molecule has 82 valence electrons. The molecule has 0 aliphatic carbocycles. The molecular weight excluding hydrogens is 228 g/mol. The lowest BCUT2D eigenvalue weighted by atomic mass is 10.3. The molecule has 0 atom stereocenters. The van der Waals surface area contributed by atoms with E-state index < -0.39 is 0 Å². The van der Waals surface area contributed by atoms with Crippen molar-refractivity contribution in [3.8, 4) is 0 Å². The Hall–Kier alpha value is -1.81. The molecule has 5 heteroatoms. The standard InChI is InChI=1S/C11H9ClN2O2/c1-7-2-3-9(16-7)11(15)14-8-4-5-13-10(12)6-8/h2-6H,1H3,(H,13,14,15). The van der Waals surface area contributed by atoms with Crippen molar-refractivity contribution >= 4 is 23.2 Å². The Morgan fingerprint density at radius 3 is 2.88 bits per heavy atom. The van der Waals surface area contributed by atoms with Gasteiger partial charge in [-0.05, 0) is 31.2 Å². The number of carbonyl (C=O) groups excluding carboxylic acids is 1. The summed E-state index contributed by atoms with van der Waals surface area (Å²) in [5, 5.41) is 2.98.